The first-order valence-electron chi connectivity index (χ1n) is 12.7. The predicted molar refractivity (Wildman–Crippen MR) is 148 cm³/mol. The van der Waals surface area contributed by atoms with Gasteiger partial charge in [-0.15, -0.1) is 0 Å². The van der Waals surface area contributed by atoms with E-state index in [-0.39, 0.29) is 0 Å². The van der Waals surface area contributed by atoms with Gasteiger partial charge in [0.05, 0.1) is 10.5 Å². The van der Waals surface area contributed by atoms with Crippen molar-refractivity contribution >= 4 is 16.0 Å². The minimum Gasteiger partial charge on any atom is -0.478 e. The number of hydrogen-bond donors (Lipinski definition) is 2. The van der Waals surface area contributed by atoms with Crippen LogP contribution in [0.4, 0.5) is 0 Å². The Morgan fingerprint density at radius 3 is 2.22 bits per heavy atom. The minimum absolute atomic E-state index is 0.306. The van der Waals surface area contributed by atoms with Crippen LogP contribution in [0, 0.1) is 0 Å². The van der Waals surface area contributed by atoms with Gasteiger partial charge in [0.1, 0.15) is 0 Å². The lowest BCUT2D eigenvalue weighted by Crippen LogP contribution is -2.26. The summed E-state index contributed by atoms with van der Waals surface area (Å²) in [4.78, 5) is 12.1. The summed E-state index contributed by atoms with van der Waals surface area (Å²) < 4.78 is 28.9. The lowest BCUT2D eigenvalue weighted by molar-refractivity contribution is 0.0698. The first kappa shape index (κ1) is 26.6. The molecule has 2 N–H and O–H groups in total. The molecule has 0 unspecified atom stereocenters. The topological polar surface area (TPSA) is 83.5 Å². The molecule has 0 radical (unpaired) electrons. The van der Waals surface area contributed by atoms with E-state index in [0.717, 1.165) is 39.8 Å². The highest BCUT2D eigenvalue weighted by Crippen LogP contribution is 2.34. The molecule has 0 aromatic heterocycles. The van der Waals surface area contributed by atoms with Crippen molar-refractivity contribution in [2.75, 3.05) is 6.54 Å². The maximum absolute atomic E-state index is 13.1. The Labute approximate surface area is 219 Å². The van der Waals surface area contributed by atoms with Crippen LogP contribution in [0.3, 0.4) is 0 Å². The van der Waals surface area contributed by atoms with Gasteiger partial charge in [0, 0.05) is 6.54 Å². The first-order valence-corrected chi connectivity index (χ1v) is 14.1. The average Bonchev–Trinajstić information content (AvgIpc) is 3.06. The van der Waals surface area contributed by atoms with Gasteiger partial charge < -0.3 is 5.11 Å². The summed E-state index contributed by atoms with van der Waals surface area (Å²) in [7, 11) is -3.65. The molecule has 2 aromatic rings. The highest BCUT2D eigenvalue weighted by Gasteiger charge is 2.20. The molecule has 0 amide bonds. The third-order valence-electron chi connectivity index (χ3n) is 6.69. The van der Waals surface area contributed by atoms with E-state index in [2.05, 4.69) is 24.6 Å². The van der Waals surface area contributed by atoms with E-state index in [1.54, 1.807) is 18.2 Å². The highest BCUT2D eigenvalue weighted by molar-refractivity contribution is 7.89. The van der Waals surface area contributed by atoms with Crippen LogP contribution in [-0.4, -0.2) is 26.0 Å². The monoisotopic (exact) mass is 515 g/mol. The molecule has 2 aliphatic carbocycles. The SMILES string of the molecule is CC(C)c1ccc2c(CCCCNS(=O)(=O)c3ccccc3Cc3ccccc3)cc(C(=O)O)c-2cc1. The van der Waals surface area contributed by atoms with Crippen molar-refractivity contribution in [3.05, 3.63) is 113 Å². The van der Waals surface area contributed by atoms with Gasteiger partial charge in [0.2, 0.25) is 10.0 Å². The molecule has 0 heterocycles. The second-order valence-corrected chi connectivity index (χ2v) is 11.4. The maximum Gasteiger partial charge on any atom is 0.336 e. The van der Waals surface area contributed by atoms with Gasteiger partial charge in [-0.05, 0) is 77.1 Å². The molecule has 6 heteroatoms. The van der Waals surface area contributed by atoms with Crippen molar-refractivity contribution in [2.24, 2.45) is 0 Å². The Kier molecular flexibility index (Phi) is 8.41. The zero-order valence-corrected chi connectivity index (χ0v) is 22.1. The lowest BCUT2D eigenvalue weighted by atomic mass is 10.0. The van der Waals surface area contributed by atoms with Crippen molar-refractivity contribution in [3.8, 4) is 11.1 Å². The Morgan fingerprint density at radius 2 is 1.51 bits per heavy atom. The normalized spacial score (nSPS) is 11.8. The number of rotatable bonds is 11. The summed E-state index contributed by atoms with van der Waals surface area (Å²) in [5.74, 6) is -0.588. The molecular weight excluding hydrogens is 482 g/mol. The second kappa shape index (κ2) is 11.7. The van der Waals surface area contributed by atoms with Crippen LogP contribution in [0.1, 0.15) is 65.2 Å². The fourth-order valence-corrected chi connectivity index (χ4v) is 5.97. The van der Waals surface area contributed by atoms with Crippen LogP contribution in [0.15, 0.2) is 89.8 Å². The van der Waals surface area contributed by atoms with Crippen LogP contribution < -0.4 is 4.72 Å². The van der Waals surface area contributed by atoms with E-state index in [0.29, 0.717) is 42.2 Å². The Bertz CT molecular complexity index is 1450. The number of sulfonamides is 1. The zero-order chi connectivity index (χ0) is 26.4. The van der Waals surface area contributed by atoms with Crippen molar-refractivity contribution in [1.29, 1.82) is 0 Å². The summed E-state index contributed by atoms with van der Waals surface area (Å²) in [6.07, 6.45) is 2.61. The number of aryl methyl sites for hydroxylation is 1. The maximum atomic E-state index is 13.1. The largest absolute Gasteiger partial charge is 0.478 e. The molecule has 0 atom stereocenters. The Morgan fingerprint density at radius 1 is 0.838 bits per heavy atom. The van der Waals surface area contributed by atoms with E-state index >= 15 is 0 Å². The number of nitrogens with one attached hydrogen (secondary N) is 1. The van der Waals surface area contributed by atoms with E-state index in [1.165, 1.54) is 0 Å². The first-order chi connectivity index (χ1) is 17.8. The third-order valence-corrected chi connectivity index (χ3v) is 8.25. The molecule has 0 fully saturated rings. The van der Waals surface area contributed by atoms with Gasteiger partial charge in [0.15, 0.2) is 0 Å². The molecular formula is C31H33NO4S. The summed E-state index contributed by atoms with van der Waals surface area (Å²) in [6.45, 7) is 4.54. The standard InChI is InChI=1S/C31H33NO4S/c1-22(2)24-15-17-27-25(21-29(31(33)34)28(27)18-16-24)12-8-9-19-32-37(35,36)30-14-7-6-13-26(30)20-23-10-4-3-5-11-23/h3-7,10-11,13-18,21-22,32H,8-9,12,19-20H2,1-2H3,(H,33,34). The number of benzene rings is 2. The number of hydrogen-bond acceptors (Lipinski definition) is 3. The highest BCUT2D eigenvalue weighted by atomic mass is 32.2. The fraction of sp³-hybridized carbons (Fsp3) is 0.258. The molecule has 2 aliphatic rings. The van der Waals surface area contributed by atoms with E-state index in [1.807, 2.05) is 60.7 Å². The van der Waals surface area contributed by atoms with Gasteiger partial charge >= 0.3 is 5.97 Å². The summed E-state index contributed by atoms with van der Waals surface area (Å²) in [6, 6.07) is 26.6. The number of unbranched alkanes of at least 4 members (excludes halogenated alkanes) is 1. The van der Waals surface area contributed by atoms with Crippen LogP contribution in [0.25, 0.3) is 11.1 Å². The fourth-order valence-electron chi connectivity index (χ4n) is 4.66. The van der Waals surface area contributed by atoms with E-state index in [9.17, 15) is 18.3 Å². The van der Waals surface area contributed by atoms with E-state index in [4.69, 9.17) is 0 Å². The number of fused-ring (bicyclic) bond motifs is 1. The molecule has 0 saturated carbocycles. The quantitative estimate of drug-likeness (QED) is 0.223. The van der Waals surface area contributed by atoms with Crippen molar-refractivity contribution < 1.29 is 18.3 Å². The Hall–Kier alpha value is -3.48. The van der Waals surface area contributed by atoms with Gasteiger partial charge in [0.25, 0.3) is 0 Å². The summed E-state index contributed by atoms with van der Waals surface area (Å²) >= 11 is 0. The third kappa shape index (κ3) is 6.45. The molecule has 0 aliphatic heterocycles. The van der Waals surface area contributed by atoms with Crippen LogP contribution in [-0.2, 0) is 22.9 Å². The van der Waals surface area contributed by atoms with E-state index < -0.39 is 16.0 Å². The van der Waals surface area contributed by atoms with Gasteiger partial charge in [-0.25, -0.2) is 17.9 Å². The van der Waals surface area contributed by atoms with Crippen LogP contribution in [0.2, 0.25) is 0 Å². The number of carboxylic acids is 1. The molecule has 0 bridgehead atoms. The minimum atomic E-state index is -3.65. The van der Waals surface area contributed by atoms with Crippen molar-refractivity contribution in [3.63, 3.8) is 0 Å². The smallest absolute Gasteiger partial charge is 0.336 e. The summed E-state index contributed by atoms with van der Waals surface area (Å²) in [5, 5.41) is 9.70. The van der Waals surface area contributed by atoms with Gasteiger partial charge in [-0.2, -0.15) is 0 Å². The molecule has 2 aromatic carbocycles. The van der Waals surface area contributed by atoms with Crippen LogP contribution >= 0.6 is 0 Å². The predicted octanol–water partition coefficient (Wildman–Crippen LogP) is 6.51. The number of carboxylic acid groups (broad SMARTS) is 1. The van der Waals surface area contributed by atoms with Gasteiger partial charge in [-0.3, -0.25) is 0 Å². The zero-order valence-electron chi connectivity index (χ0n) is 21.3. The van der Waals surface area contributed by atoms with Crippen molar-refractivity contribution in [1.82, 2.24) is 4.72 Å². The average molecular weight is 516 g/mol. The second-order valence-electron chi connectivity index (χ2n) is 9.66. The molecule has 5 nitrogen and oxygen atoms in total. The molecule has 0 spiro atoms. The summed E-state index contributed by atoms with van der Waals surface area (Å²) in [5.41, 5.74) is 5.95. The molecule has 4 rings (SSSR count). The van der Waals surface area contributed by atoms with Crippen LogP contribution in [0.5, 0.6) is 0 Å². The van der Waals surface area contributed by atoms with Gasteiger partial charge in [-0.1, -0.05) is 86.6 Å². The molecule has 192 valence electrons. The molecule has 37 heavy (non-hydrogen) atoms. The molecule has 0 saturated heterocycles. The number of carbonyl (C=O) groups is 1. The van der Waals surface area contributed by atoms with Crippen molar-refractivity contribution in [2.45, 2.75) is 50.3 Å². The number of aromatic carboxylic acids is 1. The lowest BCUT2D eigenvalue weighted by Gasteiger charge is -2.12. The Balaban J connectivity index is 1.40.